The normalized spacial score (nSPS) is 19.3. The minimum atomic E-state index is -0.782. The predicted octanol–water partition coefficient (Wildman–Crippen LogP) is 0.469. The number of hydrogen-bond donors (Lipinski definition) is 2. The Kier molecular flexibility index (Phi) is 3.44. The first-order valence-corrected chi connectivity index (χ1v) is 5.54. The van der Waals surface area contributed by atoms with E-state index in [9.17, 15) is 14.3 Å². The molecular weight excluding hydrogens is 237 g/mol. The van der Waals surface area contributed by atoms with Crippen molar-refractivity contribution >= 4 is 5.91 Å². The lowest BCUT2D eigenvalue weighted by Crippen LogP contribution is -2.53. The maximum absolute atomic E-state index is 13.6. The fourth-order valence-corrected chi connectivity index (χ4v) is 1.93. The zero-order valence-corrected chi connectivity index (χ0v) is 9.56. The van der Waals surface area contributed by atoms with E-state index in [1.165, 1.54) is 17.0 Å². The number of carbonyl (C=O) groups is 1. The first-order valence-electron chi connectivity index (χ1n) is 5.54. The molecule has 18 heavy (non-hydrogen) atoms. The molecule has 1 aromatic carbocycles. The number of rotatable bonds is 1. The Balaban J connectivity index is 2.33. The number of hydrogen-bond acceptors (Lipinski definition) is 4. The molecule has 0 aromatic heterocycles. The number of phenolic OH excluding ortho intramolecular Hbond substituents is 1. The summed E-state index contributed by atoms with van der Waals surface area (Å²) in [5, 5.41) is 21.5. The molecule has 0 saturated carbocycles. The molecule has 1 saturated heterocycles. The van der Waals surface area contributed by atoms with Crippen molar-refractivity contribution < 1.29 is 14.3 Å². The Morgan fingerprint density at radius 3 is 3.06 bits per heavy atom. The Bertz CT molecular complexity index is 492. The molecule has 5 nitrogen and oxygen atoms in total. The molecule has 94 valence electrons. The molecule has 1 atom stereocenters. The highest BCUT2D eigenvalue weighted by atomic mass is 19.1. The van der Waals surface area contributed by atoms with Crippen LogP contribution < -0.4 is 5.32 Å². The van der Waals surface area contributed by atoms with E-state index in [1.807, 2.05) is 6.07 Å². The molecule has 1 heterocycles. The van der Waals surface area contributed by atoms with Crippen LogP contribution in [0.5, 0.6) is 5.75 Å². The number of piperazine rings is 1. The Morgan fingerprint density at radius 1 is 1.61 bits per heavy atom. The molecule has 1 amide bonds. The van der Waals surface area contributed by atoms with Gasteiger partial charge in [-0.2, -0.15) is 5.26 Å². The van der Waals surface area contributed by atoms with Gasteiger partial charge in [0.05, 0.1) is 6.07 Å². The fraction of sp³-hybridized carbons (Fsp3) is 0.333. The number of nitrogens with zero attached hydrogens (tertiary/aromatic N) is 2. The van der Waals surface area contributed by atoms with Gasteiger partial charge < -0.3 is 15.3 Å². The van der Waals surface area contributed by atoms with Crippen LogP contribution in [0.3, 0.4) is 0 Å². The van der Waals surface area contributed by atoms with Crippen molar-refractivity contribution in [3.8, 4) is 11.8 Å². The molecule has 1 fully saturated rings. The lowest BCUT2D eigenvalue weighted by molar-refractivity contribution is 0.0679. The van der Waals surface area contributed by atoms with Crippen molar-refractivity contribution in [3.63, 3.8) is 0 Å². The quantitative estimate of drug-likeness (QED) is 0.758. The molecule has 1 aliphatic rings. The fourth-order valence-electron chi connectivity index (χ4n) is 1.93. The lowest BCUT2D eigenvalue weighted by Gasteiger charge is -2.32. The molecule has 2 rings (SSSR count). The number of phenols is 1. The minimum Gasteiger partial charge on any atom is -0.507 e. The highest BCUT2D eigenvalue weighted by Crippen LogP contribution is 2.22. The van der Waals surface area contributed by atoms with Gasteiger partial charge in [0.2, 0.25) is 0 Å². The lowest BCUT2D eigenvalue weighted by atomic mass is 10.1. The summed E-state index contributed by atoms with van der Waals surface area (Å²) in [6.07, 6.45) is 0. The van der Waals surface area contributed by atoms with Crippen LogP contribution in [0.1, 0.15) is 10.4 Å². The highest BCUT2D eigenvalue weighted by Gasteiger charge is 2.30. The van der Waals surface area contributed by atoms with Crippen LogP contribution in [0.2, 0.25) is 0 Å². The van der Waals surface area contributed by atoms with E-state index < -0.39 is 23.5 Å². The first kappa shape index (κ1) is 12.3. The molecule has 1 aliphatic heterocycles. The zero-order valence-electron chi connectivity index (χ0n) is 9.56. The maximum atomic E-state index is 13.6. The van der Waals surface area contributed by atoms with Gasteiger partial charge in [0.15, 0.2) is 0 Å². The topological polar surface area (TPSA) is 76.4 Å². The van der Waals surface area contributed by atoms with Gasteiger partial charge in [-0.05, 0) is 12.1 Å². The van der Waals surface area contributed by atoms with E-state index in [4.69, 9.17) is 5.26 Å². The predicted molar refractivity (Wildman–Crippen MR) is 61.4 cm³/mol. The molecule has 0 aliphatic carbocycles. The van der Waals surface area contributed by atoms with Crippen molar-refractivity contribution in [2.75, 3.05) is 19.6 Å². The second-order valence-corrected chi connectivity index (χ2v) is 3.98. The summed E-state index contributed by atoms with van der Waals surface area (Å²) < 4.78 is 13.6. The number of benzene rings is 1. The molecule has 1 unspecified atom stereocenters. The Hall–Kier alpha value is -2.13. The second-order valence-electron chi connectivity index (χ2n) is 3.98. The zero-order chi connectivity index (χ0) is 13.1. The molecule has 0 radical (unpaired) electrons. The summed E-state index contributed by atoms with van der Waals surface area (Å²) in [5.41, 5.74) is -0.375. The number of amides is 1. The number of halogens is 1. The monoisotopic (exact) mass is 249 g/mol. The van der Waals surface area contributed by atoms with Gasteiger partial charge >= 0.3 is 0 Å². The van der Waals surface area contributed by atoms with Gasteiger partial charge in [0.1, 0.15) is 23.2 Å². The van der Waals surface area contributed by atoms with Crippen LogP contribution in [0.25, 0.3) is 0 Å². The largest absolute Gasteiger partial charge is 0.507 e. The summed E-state index contributed by atoms with van der Waals surface area (Å²) in [7, 11) is 0. The van der Waals surface area contributed by atoms with Gasteiger partial charge in [-0.15, -0.1) is 0 Å². The molecular formula is C12H12FN3O2. The van der Waals surface area contributed by atoms with Gasteiger partial charge in [-0.1, -0.05) is 6.07 Å². The molecule has 2 N–H and O–H groups in total. The van der Waals surface area contributed by atoms with Gasteiger partial charge in [0, 0.05) is 19.6 Å². The second kappa shape index (κ2) is 5.02. The van der Waals surface area contributed by atoms with Crippen molar-refractivity contribution in [1.29, 1.82) is 5.26 Å². The Labute approximate surface area is 103 Å². The first-order chi connectivity index (χ1) is 8.65. The average molecular weight is 249 g/mol. The van der Waals surface area contributed by atoms with E-state index in [1.54, 1.807) is 0 Å². The van der Waals surface area contributed by atoms with E-state index in [0.29, 0.717) is 19.6 Å². The van der Waals surface area contributed by atoms with Crippen molar-refractivity contribution in [1.82, 2.24) is 10.2 Å². The minimum absolute atomic E-state index is 0.310. The van der Waals surface area contributed by atoms with Crippen molar-refractivity contribution in [2.24, 2.45) is 0 Å². The standard InChI is InChI=1S/C12H12FN3O2/c13-9-2-1-3-10(17)11(9)12(18)16-5-4-15-7-8(16)6-14/h1-3,8,15,17H,4-5,7H2. The number of aromatic hydroxyl groups is 1. The van der Waals surface area contributed by atoms with Crippen LogP contribution in [0, 0.1) is 17.1 Å². The molecule has 0 bridgehead atoms. The summed E-state index contributed by atoms with van der Waals surface area (Å²) in [6.45, 7) is 1.20. The summed E-state index contributed by atoms with van der Waals surface area (Å²) in [6, 6.07) is 5.01. The maximum Gasteiger partial charge on any atom is 0.261 e. The molecule has 1 aromatic rings. The number of nitriles is 1. The van der Waals surface area contributed by atoms with Crippen LogP contribution in [-0.4, -0.2) is 41.6 Å². The third kappa shape index (κ3) is 2.13. The van der Waals surface area contributed by atoms with E-state index in [-0.39, 0.29) is 5.56 Å². The third-order valence-corrected chi connectivity index (χ3v) is 2.86. The van der Waals surface area contributed by atoms with Gasteiger partial charge in [-0.25, -0.2) is 4.39 Å². The van der Waals surface area contributed by atoms with Crippen LogP contribution in [0.15, 0.2) is 18.2 Å². The highest BCUT2D eigenvalue weighted by molar-refractivity contribution is 5.97. The van der Waals surface area contributed by atoms with Crippen LogP contribution in [-0.2, 0) is 0 Å². The number of carbonyl (C=O) groups excluding carboxylic acids is 1. The van der Waals surface area contributed by atoms with E-state index in [0.717, 1.165) is 6.07 Å². The SMILES string of the molecule is N#CC1CNCCN1C(=O)c1c(O)cccc1F. The average Bonchev–Trinajstić information content (AvgIpc) is 2.38. The molecule has 0 spiro atoms. The Morgan fingerprint density at radius 2 is 2.39 bits per heavy atom. The number of nitrogens with one attached hydrogen (secondary N) is 1. The smallest absolute Gasteiger partial charge is 0.261 e. The van der Waals surface area contributed by atoms with E-state index >= 15 is 0 Å². The van der Waals surface area contributed by atoms with E-state index in [2.05, 4.69) is 5.32 Å². The summed E-state index contributed by atoms with van der Waals surface area (Å²) >= 11 is 0. The van der Waals surface area contributed by atoms with Crippen LogP contribution >= 0.6 is 0 Å². The van der Waals surface area contributed by atoms with Gasteiger partial charge in [0.25, 0.3) is 5.91 Å². The summed E-state index contributed by atoms with van der Waals surface area (Å²) in [4.78, 5) is 13.4. The molecule has 6 heteroatoms. The van der Waals surface area contributed by atoms with Crippen LogP contribution in [0.4, 0.5) is 4.39 Å². The van der Waals surface area contributed by atoms with Gasteiger partial charge in [-0.3, -0.25) is 4.79 Å². The van der Waals surface area contributed by atoms with Crippen molar-refractivity contribution in [3.05, 3.63) is 29.6 Å². The third-order valence-electron chi connectivity index (χ3n) is 2.86. The summed E-state index contributed by atoms with van der Waals surface area (Å²) in [5.74, 6) is -1.84. The van der Waals surface area contributed by atoms with Crippen molar-refractivity contribution in [2.45, 2.75) is 6.04 Å².